The number of nitrogens with one attached hydrogen (secondary N) is 1. The minimum absolute atomic E-state index is 0.0103. The summed E-state index contributed by atoms with van der Waals surface area (Å²) in [5, 5.41) is 13.7. The molecule has 0 aliphatic heterocycles. The lowest BCUT2D eigenvalue weighted by Gasteiger charge is -2.09. The van der Waals surface area contributed by atoms with E-state index in [1.807, 2.05) is 0 Å². The molecular weight excluding hydrogens is 287 g/mol. The van der Waals surface area contributed by atoms with Gasteiger partial charge in [-0.15, -0.1) is 0 Å². The third-order valence-corrected chi connectivity index (χ3v) is 2.87. The van der Waals surface area contributed by atoms with Crippen molar-refractivity contribution in [3.63, 3.8) is 0 Å². The van der Waals surface area contributed by atoms with Crippen LogP contribution >= 0.6 is 11.6 Å². The predicted molar refractivity (Wildman–Crippen MR) is 74.3 cm³/mol. The Balaban J connectivity index is 2.29. The number of nitrogens with zero attached hydrogens (tertiary/aromatic N) is 1. The first kappa shape index (κ1) is 14.1. The van der Waals surface area contributed by atoms with Gasteiger partial charge in [0.1, 0.15) is 5.82 Å². The van der Waals surface area contributed by atoms with E-state index in [1.54, 1.807) is 0 Å². The zero-order chi connectivity index (χ0) is 14.7. The Morgan fingerprint density at radius 3 is 2.50 bits per heavy atom. The van der Waals surface area contributed by atoms with Crippen molar-refractivity contribution in [2.45, 2.75) is 0 Å². The summed E-state index contributed by atoms with van der Waals surface area (Å²) >= 11 is 5.68. The number of nitro benzene ring substituents is 1. The molecule has 2 rings (SSSR count). The Bertz CT molecular complexity index is 664. The molecule has 0 amide bonds. The van der Waals surface area contributed by atoms with Crippen LogP contribution in [0.4, 0.5) is 21.5 Å². The summed E-state index contributed by atoms with van der Waals surface area (Å²) in [5.41, 5.74) is 0.998. The van der Waals surface area contributed by atoms with Crippen molar-refractivity contribution in [2.75, 3.05) is 12.4 Å². The molecule has 0 fully saturated rings. The molecule has 0 atom stereocenters. The van der Waals surface area contributed by atoms with Gasteiger partial charge in [0.15, 0.2) is 5.75 Å². The van der Waals surface area contributed by atoms with Crippen molar-refractivity contribution in [3.05, 3.63) is 57.4 Å². The maximum absolute atomic E-state index is 13.0. The number of benzene rings is 2. The van der Waals surface area contributed by atoms with E-state index in [0.717, 1.165) is 0 Å². The van der Waals surface area contributed by atoms with Gasteiger partial charge in [0, 0.05) is 23.5 Å². The van der Waals surface area contributed by atoms with Crippen LogP contribution in [0.1, 0.15) is 0 Å². The van der Waals surface area contributed by atoms with Crippen LogP contribution in [0.25, 0.3) is 0 Å². The van der Waals surface area contributed by atoms with Crippen molar-refractivity contribution in [1.82, 2.24) is 0 Å². The topological polar surface area (TPSA) is 64.4 Å². The first-order valence-corrected chi connectivity index (χ1v) is 5.93. The van der Waals surface area contributed by atoms with Crippen LogP contribution in [-0.4, -0.2) is 12.0 Å². The van der Waals surface area contributed by atoms with Crippen LogP contribution in [0.5, 0.6) is 5.75 Å². The fourth-order valence-electron chi connectivity index (χ4n) is 1.65. The average Bonchev–Trinajstić information content (AvgIpc) is 2.42. The van der Waals surface area contributed by atoms with Gasteiger partial charge in [0.2, 0.25) is 0 Å². The number of rotatable bonds is 4. The van der Waals surface area contributed by atoms with Crippen LogP contribution in [0.2, 0.25) is 5.02 Å². The number of methoxy groups -OCH3 is 1. The monoisotopic (exact) mass is 296 g/mol. The fourth-order valence-corrected chi connectivity index (χ4v) is 1.83. The molecule has 0 spiro atoms. The molecule has 0 aliphatic rings. The summed E-state index contributed by atoms with van der Waals surface area (Å²) in [5.74, 6) is -0.383. The molecule has 5 nitrogen and oxygen atoms in total. The number of halogens is 2. The Hall–Kier alpha value is -2.34. The molecule has 0 aromatic heterocycles. The Kier molecular flexibility index (Phi) is 4.05. The van der Waals surface area contributed by atoms with Gasteiger partial charge in [-0.1, -0.05) is 11.6 Å². The largest absolute Gasteiger partial charge is 0.490 e. The van der Waals surface area contributed by atoms with Gasteiger partial charge >= 0.3 is 5.69 Å². The number of nitro groups is 1. The fraction of sp³-hybridized carbons (Fsp3) is 0.0769. The molecule has 0 saturated heterocycles. The van der Waals surface area contributed by atoms with E-state index in [4.69, 9.17) is 16.3 Å². The molecule has 1 N–H and O–H groups in total. The Morgan fingerprint density at radius 2 is 1.90 bits per heavy atom. The van der Waals surface area contributed by atoms with Gasteiger partial charge in [0.05, 0.1) is 17.1 Å². The molecule has 0 unspecified atom stereocenters. The molecule has 0 radical (unpaired) electrons. The number of hydrogen-bond acceptors (Lipinski definition) is 4. The van der Waals surface area contributed by atoms with E-state index < -0.39 is 10.7 Å². The molecule has 104 valence electrons. The lowest BCUT2D eigenvalue weighted by atomic mass is 10.2. The summed E-state index contributed by atoms with van der Waals surface area (Å²) < 4.78 is 18.0. The number of anilines is 2. The highest BCUT2D eigenvalue weighted by Gasteiger charge is 2.14. The van der Waals surface area contributed by atoms with E-state index in [0.29, 0.717) is 11.4 Å². The molecule has 0 bridgehead atoms. The molecule has 0 saturated carbocycles. The molecule has 0 heterocycles. The predicted octanol–water partition coefficient (Wildman–Crippen LogP) is 4.14. The molecule has 7 heteroatoms. The standard InChI is InChI=1S/C13H10ClFN2O3/c1-20-13-7-9(3-5-12(13)17(18)19)16-8-2-4-11(15)10(14)6-8/h2-7,16H,1H3. The minimum atomic E-state index is -0.530. The van der Waals surface area contributed by atoms with Crippen molar-refractivity contribution in [1.29, 1.82) is 0 Å². The van der Waals surface area contributed by atoms with E-state index in [2.05, 4.69) is 5.32 Å². The minimum Gasteiger partial charge on any atom is -0.490 e. The van der Waals surface area contributed by atoms with Crippen molar-refractivity contribution >= 4 is 28.7 Å². The maximum atomic E-state index is 13.0. The van der Waals surface area contributed by atoms with Gasteiger partial charge in [-0.2, -0.15) is 0 Å². The second-order valence-corrected chi connectivity index (χ2v) is 4.30. The SMILES string of the molecule is COc1cc(Nc2ccc(F)c(Cl)c2)ccc1[N+](=O)[O-]. The molecule has 2 aromatic carbocycles. The number of ether oxygens (including phenoxy) is 1. The summed E-state index contributed by atoms with van der Waals surface area (Å²) in [6.45, 7) is 0. The normalized spacial score (nSPS) is 10.2. The van der Waals surface area contributed by atoms with Crippen LogP contribution in [0.15, 0.2) is 36.4 Å². The zero-order valence-electron chi connectivity index (χ0n) is 10.4. The first-order chi connectivity index (χ1) is 9.51. The van der Waals surface area contributed by atoms with E-state index in [9.17, 15) is 14.5 Å². The first-order valence-electron chi connectivity index (χ1n) is 5.56. The highest BCUT2D eigenvalue weighted by atomic mass is 35.5. The molecule has 0 aliphatic carbocycles. The van der Waals surface area contributed by atoms with Gasteiger partial charge < -0.3 is 10.1 Å². The second kappa shape index (κ2) is 5.75. The quantitative estimate of drug-likeness (QED) is 0.680. The van der Waals surface area contributed by atoms with Crippen molar-refractivity contribution in [3.8, 4) is 5.75 Å². The van der Waals surface area contributed by atoms with E-state index in [-0.39, 0.29) is 16.5 Å². The van der Waals surface area contributed by atoms with Crippen molar-refractivity contribution in [2.24, 2.45) is 0 Å². The van der Waals surface area contributed by atoms with E-state index in [1.165, 1.54) is 43.5 Å². The van der Waals surface area contributed by atoms with Gasteiger partial charge in [0.25, 0.3) is 0 Å². The molecule has 20 heavy (non-hydrogen) atoms. The van der Waals surface area contributed by atoms with Crippen LogP contribution in [0, 0.1) is 15.9 Å². The van der Waals surface area contributed by atoms with Crippen LogP contribution < -0.4 is 10.1 Å². The van der Waals surface area contributed by atoms with Gasteiger partial charge in [-0.05, 0) is 24.3 Å². The van der Waals surface area contributed by atoms with Crippen LogP contribution in [-0.2, 0) is 0 Å². The summed E-state index contributed by atoms with van der Waals surface area (Å²) in [6, 6.07) is 8.49. The summed E-state index contributed by atoms with van der Waals surface area (Å²) in [7, 11) is 1.35. The Morgan fingerprint density at radius 1 is 1.25 bits per heavy atom. The summed E-state index contributed by atoms with van der Waals surface area (Å²) in [6.07, 6.45) is 0. The highest BCUT2D eigenvalue weighted by Crippen LogP contribution is 2.31. The zero-order valence-corrected chi connectivity index (χ0v) is 11.1. The molecular formula is C13H10ClFN2O3. The average molecular weight is 297 g/mol. The number of hydrogen-bond donors (Lipinski definition) is 1. The lowest BCUT2D eigenvalue weighted by molar-refractivity contribution is -0.385. The maximum Gasteiger partial charge on any atom is 0.311 e. The van der Waals surface area contributed by atoms with Gasteiger partial charge in [-0.25, -0.2) is 4.39 Å². The van der Waals surface area contributed by atoms with Gasteiger partial charge in [-0.3, -0.25) is 10.1 Å². The van der Waals surface area contributed by atoms with E-state index >= 15 is 0 Å². The highest BCUT2D eigenvalue weighted by molar-refractivity contribution is 6.31. The summed E-state index contributed by atoms with van der Waals surface area (Å²) in [4.78, 5) is 10.2. The molecule has 2 aromatic rings. The smallest absolute Gasteiger partial charge is 0.311 e. The lowest BCUT2D eigenvalue weighted by Crippen LogP contribution is -1.96. The van der Waals surface area contributed by atoms with Crippen molar-refractivity contribution < 1.29 is 14.1 Å². The third-order valence-electron chi connectivity index (χ3n) is 2.58. The Labute approximate surface area is 119 Å². The third kappa shape index (κ3) is 2.97. The second-order valence-electron chi connectivity index (χ2n) is 3.90. The van der Waals surface area contributed by atoms with Crippen LogP contribution in [0.3, 0.4) is 0 Å².